The average molecular weight is 360 g/mol. The van der Waals surface area contributed by atoms with Crippen LogP contribution in [0.3, 0.4) is 0 Å². The molecule has 1 aromatic carbocycles. The standard InChI is InChI=1S/C21H32N2O3/c1-16(2)23(15-17-9-7-6-8-10-17)19(24)18-11-13-22(14-12-18)20(25)26-21(3,4)5/h6-10,16,18H,11-15H2,1-5H3. The molecule has 1 aromatic rings. The van der Waals surface area contributed by atoms with Gasteiger partial charge in [0, 0.05) is 31.6 Å². The van der Waals surface area contributed by atoms with Crippen LogP contribution in [0.5, 0.6) is 0 Å². The van der Waals surface area contributed by atoms with Crippen LogP contribution in [-0.4, -0.2) is 46.5 Å². The molecular formula is C21H32N2O3. The first-order chi connectivity index (χ1) is 12.2. The molecule has 1 aliphatic rings. The van der Waals surface area contributed by atoms with E-state index in [0.717, 1.165) is 5.56 Å². The van der Waals surface area contributed by atoms with Crippen molar-refractivity contribution in [1.29, 1.82) is 0 Å². The van der Waals surface area contributed by atoms with E-state index in [1.165, 1.54) is 0 Å². The fourth-order valence-electron chi connectivity index (χ4n) is 3.17. The molecule has 0 radical (unpaired) electrons. The first-order valence-corrected chi connectivity index (χ1v) is 9.49. The lowest BCUT2D eigenvalue weighted by molar-refractivity contribution is -0.139. The van der Waals surface area contributed by atoms with Gasteiger partial charge >= 0.3 is 6.09 Å². The van der Waals surface area contributed by atoms with E-state index in [0.29, 0.717) is 32.5 Å². The van der Waals surface area contributed by atoms with Crippen LogP contribution in [0.1, 0.15) is 53.0 Å². The smallest absolute Gasteiger partial charge is 0.410 e. The summed E-state index contributed by atoms with van der Waals surface area (Å²) in [4.78, 5) is 28.9. The largest absolute Gasteiger partial charge is 0.444 e. The van der Waals surface area contributed by atoms with E-state index in [1.54, 1.807) is 4.90 Å². The van der Waals surface area contributed by atoms with E-state index in [2.05, 4.69) is 13.8 Å². The fraction of sp³-hybridized carbons (Fsp3) is 0.619. The van der Waals surface area contributed by atoms with Gasteiger partial charge in [0.05, 0.1) is 0 Å². The van der Waals surface area contributed by atoms with Gasteiger partial charge in [-0.05, 0) is 53.0 Å². The highest BCUT2D eigenvalue weighted by atomic mass is 16.6. The number of hydrogen-bond donors (Lipinski definition) is 0. The predicted octanol–water partition coefficient (Wildman–Crippen LogP) is 4.07. The first-order valence-electron chi connectivity index (χ1n) is 9.49. The Kier molecular flexibility index (Phi) is 6.68. The zero-order chi connectivity index (χ0) is 19.3. The number of nitrogens with zero attached hydrogens (tertiary/aromatic N) is 2. The number of ether oxygens (including phenoxy) is 1. The number of piperidine rings is 1. The van der Waals surface area contributed by atoms with E-state index in [4.69, 9.17) is 4.74 Å². The van der Waals surface area contributed by atoms with Gasteiger partial charge in [0.15, 0.2) is 0 Å². The Labute approximate surface area is 157 Å². The Balaban J connectivity index is 1.94. The predicted molar refractivity (Wildman–Crippen MR) is 103 cm³/mol. The zero-order valence-corrected chi connectivity index (χ0v) is 16.7. The molecule has 1 saturated heterocycles. The van der Waals surface area contributed by atoms with Crippen molar-refractivity contribution in [2.24, 2.45) is 5.92 Å². The van der Waals surface area contributed by atoms with Crippen LogP contribution < -0.4 is 0 Å². The summed E-state index contributed by atoms with van der Waals surface area (Å²) < 4.78 is 5.43. The van der Waals surface area contributed by atoms with E-state index in [1.807, 2.05) is 56.0 Å². The molecule has 1 heterocycles. The second-order valence-corrected chi connectivity index (χ2v) is 8.29. The molecule has 26 heavy (non-hydrogen) atoms. The molecule has 5 heteroatoms. The van der Waals surface area contributed by atoms with Crippen LogP contribution >= 0.6 is 0 Å². The molecule has 0 aromatic heterocycles. The lowest BCUT2D eigenvalue weighted by Gasteiger charge is -2.36. The second-order valence-electron chi connectivity index (χ2n) is 8.29. The molecule has 0 unspecified atom stereocenters. The minimum Gasteiger partial charge on any atom is -0.444 e. The molecule has 0 saturated carbocycles. The molecule has 0 atom stereocenters. The van der Waals surface area contributed by atoms with Gasteiger partial charge in [-0.2, -0.15) is 0 Å². The number of amides is 2. The molecule has 144 valence electrons. The maximum absolute atomic E-state index is 13.0. The topological polar surface area (TPSA) is 49.9 Å². The summed E-state index contributed by atoms with van der Waals surface area (Å²) in [6.45, 7) is 11.5. The zero-order valence-electron chi connectivity index (χ0n) is 16.7. The highest BCUT2D eigenvalue weighted by molar-refractivity contribution is 5.79. The van der Waals surface area contributed by atoms with Gasteiger partial charge in [-0.15, -0.1) is 0 Å². The third kappa shape index (κ3) is 5.75. The maximum Gasteiger partial charge on any atom is 0.410 e. The van der Waals surface area contributed by atoms with E-state index < -0.39 is 5.60 Å². The molecule has 2 rings (SSSR count). The minimum absolute atomic E-state index is 0.0280. The molecule has 1 fully saturated rings. The van der Waals surface area contributed by atoms with Crippen LogP contribution in [0.15, 0.2) is 30.3 Å². The fourth-order valence-corrected chi connectivity index (χ4v) is 3.17. The van der Waals surface area contributed by atoms with Crippen molar-refractivity contribution in [3.05, 3.63) is 35.9 Å². The number of benzene rings is 1. The van der Waals surface area contributed by atoms with Crippen LogP contribution in [0.25, 0.3) is 0 Å². The average Bonchev–Trinajstić information content (AvgIpc) is 2.58. The Morgan fingerprint density at radius 2 is 1.73 bits per heavy atom. The number of carbonyl (C=O) groups excluding carboxylic acids is 2. The summed E-state index contributed by atoms with van der Waals surface area (Å²) in [5.41, 5.74) is 0.647. The summed E-state index contributed by atoms with van der Waals surface area (Å²) in [6.07, 6.45) is 1.10. The second kappa shape index (κ2) is 8.56. The Hall–Kier alpha value is -2.04. The third-order valence-corrected chi connectivity index (χ3v) is 4.60. The number of rotatable bonds is 4. The van der Waals surface area contributed by atoms with E-state index >= 15 is 0 Å². The number of carbonyl (C=O) groups is 2. The maximum atomic E-state index is 13.0. The van der Waals surface area contributed by atoms with Crippen molar-refractivity contribution in [2.45, 2.75) is 65.6 Å². The highest BCUT2D eigenvalue weighted by Crippen LogP contribution is 2.23. The molecule has 2 amide bonds. The molecule has 0 N–H and O–H groups in total. The highest BCUT2D eigenvalue weighted by Gasteiger charge is 2.32. The summed E-state index contributed by atoms with van der Waals surface area (Å²) in [5, 5.41) is 0. The lowest BCUT2D eigenvalue weighted by atomic mass is 9.94. The van der Waals surface area contributed by atoms with Gasteiger partial charge in [-0.25, -0.2) is 4.79 Å². The van der Waals surface area contributed by atoms with Crippen molar-refractivity contribution in [3.63, 3.8) is 0 Å². The summed E-state index contributed by atoms with van der Waals surface area (Å²) >= 11 is 0. The van der Waals surface area contributed by atoms with Crippen LogP contribution in [-0.2, 0) is 16.1 Å². The molecule has 0 spiro atoms. The molecule has 0 aliphatic carbocycles. The Bertz CT molecular complexity index is 599. The van der Waals surface area contributed by atoms with Gasteiger partial charge in [0.1, 0.15) is 5.60 Å². The van der Waals surface area contributed by atoms with Gasteiger partial charge < -0.3 is 14.5 Å². The van der Waals surface area contributed by atoms with Crippen molar-refractivity contribution >= 4 is 12.0 Å². The third-order valence-electron chi connectivity index (χ3n) is 4.60. The van der Waals surface area contributed by atoms with E-state index in [9.17, 15) is 9.59 Å². The van der Waals surface area contributed by atoms with Crippen molar-refractivity contribution in [2.75, 3.05) is 13.1 Å². The molecule has 5 nitrogen and oxygen atoms in total. The van der Waals surface area contributed by atoms with Crippen LogP contribution in [0.2, 0.25) is 0 Å². The van der Waals surface area contributed by atoms with E-state index in [-0.39, 0.29) is 24.0 Å². The van der Waals surface area contributed by atoms with Gasteiger partial charge in [0.25, 0.3) is 0 Å². The number of likely N-dealkylation sites (tertiary alicyclic amines) is 1. The van der Waals surface area contributed by atoms with Gasteiger partial charge in [0.2, 0.25) is 5.91 Å². The minimum atomic E-state index is -0.492. The van der Waals surface area contributed by atoms with Gasteiger partial charge in [-0.1, -0.05) is 30.3 Å². The SMILES string of the molecule is CC(C)N(Cc1ccccc1)C(=O)C1CCN(C(=O)OC(C)(C)C)CC1. The summed E-state index contributed by atoms with van der Waals surface area (Å²) in [5.74, 6) is 0.160. The lowest BCUT2D eigenvalue weighted by Crippen LogP contribution is -2.47. The monoisotopic (exact) mass is 360 g/mol. The summed E-state index contributed by atoms with van der Waals surface area (Å²) in [6, 6.07) is 10.2. The first kappa shape index (κ1) is 20.3. The van der Waals surface area contributed by atoms with Crippen molar-refractivity contribution < 1.29 is 14.3 Å². The van der Waals surface area contributed by atoms with Gasteiger partial charge in [-0.3, -0.25) is 4.79 Å². The van der Waals surface area contributed by atoms with Crippen molar-refractivity contribution in [1.82, 2.24) is 9.80 Å². The quantitative estimate of drug-likeness (QED) is 0.813. The number of hydrogen-bond acceptors (Lipinski definition) is 3. The normalized spacial score (nSPS) is 15.8. The molecule has 1 aliphatic heterocycles. The van der Waals surface area contributed by atoms with Crippen LogP contribution in [0.4, 0.5) is 4.79 Å². The van der Waals surface area contributed by atoms with Crippen molar-refractivity contribution in [3.8, 4) is 0 Å². The Morgan fingerprint density at radius 3 is 2.23 bits per heavy atom. The Morgan fingerprint density at radius 1 is 1.15 bits per heavy atom. The summed E-state index contributed by atoms with van der Waals surface area (Å²) in [7, 11) is 0. The van der Waals surface area contributed by atoms with Crippen LogP contribution in [0, 0.1) is 5.92 Å². The molecular weight excluding hydrogens is 328 g/mol. The molecule has 0 bridgehead atoms.